The summed E-state index contributed by atoms with van der Waals surface area (Å²) in [7, 11) is 4.19. The van der Waals surface area contributed by atoms with E-state index in [-0.39, 0.29) is 0 Å². The first-order chi connectivity index (χ1) is 7.66. The number of aromatic nitrogens is 2. The van der Waals surface area contributed by atoms with Crippen LogP contribution in [0.4, 0.5) is 0 Å². The number of rotatable bonds is 3. The highest BCUT2D eigenvalue weighted by atomic mass is 15.3. The van der Waals surface area contributed by atoms with E-state index in [1.165, 1.54) is 37.2 Å². The Morgan fingerprint density at radius 3 is 2.94 bits per heavy atom. The summed E-state index contributed by atoms with van der Waals surface area (Å²) in [6, 6.07) is 0.637. The van der Waals surface area contributed by atoms with Crippen molar-refractivity contribution in [2.45, 2.75) is 32.4 Å². The summed E-state index contributed by atoms with van der Waals surface area (Å²) in [5.41, 5.74) is 2.58. The van der Waals surface area contributed by atoms with Crippen molar-refractivity contribution in [1.29, 1.82) is 0 Å². The molecule has 16 heavy (non-hydrogen) atoms. The van der Waals surface area contributed by atoms with Gasteiger partial charge in [-0.1, -0.05) is 0 Å². The molecule has 0 amide bonds. The van der Waals surface area contributed by atoms with Crippen molar-refractivity contribution in [1.82, 2.24) is 20.0 Å². The predicted octanol–water partition coefficient (Wildman–Crippen LogP) is 0.912. The molecule has 0 aromatic carbocycles. The van der Waals surface area contributed by atoms with Crippen molar-refractivity contribution in [3.63, 3.8) is 0 Å². The third kappa shape index (κ3) is 2.62. The summed E-state index contributed by atoms with van der Waals surface area (Å²) in [4.78, 5) is 2.40. The maximum atomic E-state index is 4.26. The van der Waals surface area contributed by atoms with Crippen molar-refractivity contribution >= 4 is 0 Å². The number of piperidine rings is 1. The molecule has 1 atom stereocenters. The Hall–Kier alpha value is -0.870. The molecule has 1 unspecified atom stereocenters. The minimum atomic E-state index is 0.637. The van der Waals surface area contributed by atoms with Crippen molar-refractivity contribution in [2.24, 2.45) is 7.05 Å². The third-order valence-corrected chi connectivity index (χ3v) is 3.54. The lowest BCUT2D eigenvalue weighted by atomic mass is 10.1. The molecule has 1 aliphatic heterocycles. The molecule has 1 fully saturated rings. The average molecular weight is 222 g/mol. The van der Waals surface area contributed by atoms with Gasteiger partial charge in [-0.05, 0) is 33.4 Å². The third-order valence-electron chi connectivity index (χ3n) is 3.54. The Morgan fingerprint density at radius 1 is 1.50 bits per heavy atom. The van der Waals surface area contributed by atoms with Gasteiger partial charge in [0.05, 0.1) is 6.20 Å². The summed E-state index contributed by atoms with van der Waals surface area (Å²) in [6.07, 6.45) is 4.57. The van der Waals surface area contributed by atoms with Gasteiger partial charge in [0.1, 0.15) is 0 Å². The van der Waals surface area contributed by atoms with E-state index in [0.717, 1.165) is 6.54 Å². The molecule has 1 aliphatic rings. The monoisotopic (exact) mass is 222 g/mol. The lowest BCUT2D eigenvalue weighted by molar-refractivity contribution is 0.226. The molecule has 1 saturated heterocycles. The Labute approximate surface area is 97.6 Å². The summed E-state index contributed by atoms with van der Waals surface area (Å²) in [6.45, 7) is 5.47. The second kappa shape index (κ2) is 4.97. The Balaban J connectivity index is 1.85. The molecule has 0 saturated carbocycles. The molecule has 4 heteroatoms. The smallest absolute Gasteiger partial charge is 0.0537 e. The van der Waals surface area contributed by atoms with Crippen LogP contribution in [0.25, 0.3) is 0 Å². The highest BCUT2D eigenvalue weighted by Crippen LogP contribution is 2.10. The van der Waals surface area contributed by atoms with E-state index in [9.17, 15) is 0 Å². The first-order valence-electron chi connectivity index (χ1n) is 6.06. The first kappa shape index (κ1) is 11.6. The molecular weight excluding hydrogens is 200 g/mol. The SMILES string of the molecule is Cc1c(CNC2CCCN(C)C2)cnn1C. The summed E-state index contributed by atoms with van der Waals surface area (Å²) >= 11 is 0. The molecule has 0 aliphatic carbocycles. The van der Waals surface area contributed by atoms with Gasteiger partial charge in [-0.25, -0.2) is 0 Å². The van der Waals surface area contributed by atoms with Crippen LogP contribution in [-0.2, 0) is 13.6 Å². The standard InChI is InChI=1S/C12H22N4/c1-10-11(8-14-16(10)3)7-13-12-5-4-6-15(2)9-12/h8,12-13H,4-7,9H2,1-3H3. The van der Waals surface area contributed by atoms with Gasteiger partial charge in [0.15, 0.2) is 0 Å². The normalized spacial score (nSPS) is 22.6. The molecule has 0 spiro atoms. The zero-order valence-corrected chi connectivity index (χ0v) is 10.5. The summed E-state index contributed by atoms with van der Waals surface area (Å²) in [5.74, 6) is 0. The van der Waals surface area contributed by atoms with Crippen LogP contribution in [0, 0.1) is 6.92 Å². The number of aryl methyl sites for hydroxylation is 1. The molecule has 0 bridgehead atoms. The van der Waals surface area contributed by atoms with Crippen LogP contribution in [0.2, 0.25) is 0 Å². The van der Waals surface area contributed by atoms with Gasteiger partial charge in [0.25, 0.3) is 0 Å². The van der Waals surface area contributed by atoms with E-state index >= 15 is 0 Å². The topological polar surface area (TPSA) is 33.1 Å². The zero-order valence-electron chi connectivity index (χ0n) is 10.5. The first-order valence-corrected chi connectivity index (χ1v) is 6.06. The quantitative estimate of drug-likeness (QED) is 0.825. The molecule has 1 aromatic rings. The number of hydrogen-bond donors (Lipinski definition) is 1. The molecule has 0 radical (unpaired) electrons. The number of hydrogen-bond acceptors (Lipinski definition) is 3. The minimum Gasteiger partial charge on any atom is -0.309 e. The van der Waals surface area contributed by atoms with E-state index in [0.29, 0.717) is 6.04 Å². The zero-order chi connectivity index (χ0) is 11.5. The fourth-order valence-corrected chi connectivity index (χ4v) is 2.31. The molecule has 4 nitrogen and oxygen atoms in total. The Bertz CT molecular complexity index is 345. The van der Waals surface area contributed by atoms with Gasteiger partial charge in [0.2, 0.25) is 0 Å². The van der Waals surface area contributed by atoms with Crippen molar-refractivity contribution in [3.05, 3.63) is 17.5 Å². The summed E-state index contributed by atoms with van der Waals surface area (Å²) < 4.78 is 1.93. The summed E-state index contributed by atoms with van der Waals surface area (Å²) in [5, 5.41) is 7.89. The molecular formula is C12H22N4. The fourth-order valence-electron chi connectivity index (χ4n) is 2.31. The van der Waals surface area contributed by atoms with Crippen molar-refractivity contribution in [2.75, 3.05) is 20.1 Å². The van der Waals surface area contributed by atoms with Gasteiger partial charge in [-0.2, -0.15) is 5.10 Å². The lowest BCUT2D eigenvalue weighted by Gasteiger charge is -2.30. The molecule has 1 N–H and O–H groups in total. The second-order valence-electron chi connectivity index (χ2n) is 4.86. The minimum absolute atomic E-state index is 0.637. The van der Waals surface area contributed by atoms with E-state index in [1.807, 2.05) is 17.9 Å². The van der Waals surface area contributed by atoms with Gasteiger partial charge in [0, 0.05) is 37.4 Å². The van der Waals surface area contributed by atoms with E-state index in [1.54, 1.807) is 0 Å². The van der Waals surface area contributed by atoms with Crippen LogP contribution in [-0.4, -0.2) is 40.9 Å². The number of likely N-dealkylation sites (tertiary alicyclic amines) is 1. The Kier molecular flexibility index (Phi) is 3.61. The van der Waals surface area contributed by atoms with Crippen LogP contribution in [0.5, 0.6) is 0 Å². The maximum absolute atomic E-state index is 4.26. The highest BCUT2D eigenvalue weighted by Gasteiger charge is 2.16. The van der Waals surface area contributed by atoms with Crippen LogP contribution >= 0.6 is 0 Å². The largest absolute Gasteiger partial charge is 0.309 e. The van der Waals surface area contributed by atoms with Gasteiger partial charge < -0.3 is 10.2 Å². The fraction of sp³-hybridized carbons (Fsp3) is 0.750. The van der Waals surface area contributed by atoms with Crippen molar-refractivity contribution < 1.29 is 0 Å². The molecule has 2 heterocycles. The molecule has 2 rings (SSSR count). The van der Waals surface area contributed by atoms with E-state index < -0.39 is 0 Å². The molecule has 1 aromatic heterocycles. The van der Waals surface area contributed by atoms with E-state index in [4.69, 9.17) is 0 Å². The van der Waals surface area contributed by atoms with Gasteiger partial charge >= 0.3 is 0 Å². The second-order valence-corrected chi connectivity index (χ2v) is 4.86. The van der Waals surface area contributed by atoms with Crippen LogP contribution in [0.1, 0.15) is 24.1 Å². The maximum Gasteiger partial charge on any atom is 0.0537 e. The Morgan fingerprint density at radius 2 is 2.31 bits per heavy atom. The van der Waals surface area contributed by atoms with Crippen LogP contribution in [0.3, 0.4) is 0 Å². The lowest BCUT2D eigenvalue weighted by Crippen LogP contribution is -2.43. The molecule has 90 valence electrons. The van der Waals surface area contributed by atoms with Gasteiger partial charge in [-0.15, -0.1) is 0 Å². The number of nitrogens with one attached hydrogen (secondary N) is 1. The van der Waals surface area contributed by atoms with Gasteiger partial charge in [-0.3, -0.25) is 4.68 Å². The van der Waals surface area contributed by atoms with Crippen LogP contribution < -0.4 is 5.32 Å². The van der Waals surface area contributed by atoms with Crippen molar-refractivity contribution in [3.8, 4) is 0 Å². The van der Waals surface area contributed by atoms with E-state index in [2.05, 4.69) is 29.3 Å². The average Bonchev–Trinajstić information content (AvgIpc) is 2.57. The predicted molar refractivity (Wildman–Crippen MR) is 65.3 cm³/mol. The highest BCUT2D eigenvalue weighted by molar-refractivity contribution is 5.15. The number of likely N-dealkylation sites (N-methyl/N-ethyl adjacent to an activating group) is 1. The number of nitrogens with zero attached hydrogens (tertiary/aromatic N) is 3. The van der Waals surface area contributed by atoms with Crippen LogP contribution in [0.15, 0.2) is 6.20 Å².